The Bertz CT molecular complexity index is 804. The molecule has 0 aliphatic rings. The van der Waals surface area contributed by atoms with Gasteiger partial charge in [-0.2, -0.15) is 0 Å². The molecule has 20 heavy (non-hydrogen) atoms. The summed E-state index contributed by atoms with van der Waals surface area (Å²) >= 11 is 0. The highest BCUT2D eigenvalue weighted by molar-refractivity contribution is 6.02. The van der Waals surface area contributed by atoms with Crippen LogP contribution in [0.15, 0.2) is 54.6 Å². The average Bonchev–Trinajstić information content (AvgIpc) is 2.47. The first-order chi connectivity index (χ1) is 9.69. The lowest BCUT2D eigenvalue weighted by molar-refractivity contribution is 0.112. The molecule has 98 valence electrons. The van der Waals surface area contributed by atoms with Crippen LogP contribution >= 0.6 is 0 Å². The van der Waals surface area contributed by atoms with Crippen LogP contribution in [0.2, 0.25) is 0 Å². The highest BCUT2D eigenvalue weighted by Crippen LogP contribution is 2.30. The van der Waals surface area contributed by atoms with E-state index in [-0.39, 0.29) is 5.75 Å². The summed E-state index contributed by atoms with van der Waals surface area (Å²) in [6.07, 6.45) is 0.698. The van der Waals surface area contributed by atoms with Gasteiger partial charge in [-0.3, -0.25) is 4.79 Å². The van der Waals surface area contributed by atoms with Crippen LogP contribution in [0.1, 0.15) is 15.9 Å². The number of hydrogen-bond acceptors (Lipinski definition) is 2. The molecule has 0 unspecified atom stereocenters. The maximum atomic E-state index is 11.1. The fraction of sp³-hybridized carbons (Fsp3) is 0.0556. The van der Waals surface area contributed by atoms with E-state index in [2.05, 4.69) is 25.1 Å². The fourth-order valence-corrected chi connectivity index (χ4v) is 2.47. The largest absolute Gasteiger partial charge is 0.507 e. The van der Waals surface area contributed by atoms with E-state index in [0.717, 1.165) is 21.9 Å². The lowest BCUT2D eigenvalue weighted by Gasteiger charge is -2.07. The summed E-state index contributed by atoms with van der Waals surface area (Å²) in [6, 6.07) is 17.6. The molecule has 0 fully saturated rings. The zero-order chi connectivity index (χ0) is 14.1. The Balaban J connectivity index is 2.22. The number of aldehydes is 1. The van der Waals surface area contributed by atoms with Crippen LogP contribution in [0.4, 0.5) is 0 Å². The SMILES string of the molecule is Cc1cccc(-c2ccc3c(C=O)c(O)ccc3c2)c1. The normalized spacial score (nSPS) is 10.7. The molecule has 0 amide bonds. The second kappa shape index (κ2) is 4.82. The van der Waals surface area contributed by atoms with Crippen molar-refractivity contribution in [3.63, 3.8) is 0 Å². The van der Waals surface area contributed by atoms with Gasteiger partial charge in [0.2, 0.25) is 0 Å². The van der Waals surface area contributed by atoms with Crippen molar-refractivity contribution in [1.82, 2.24) is 0 Å². The van der Waals surface area contributed by atoms with Crippen molar-refractivity contribution in [3.05, 3.63) is 65.7 Å². The smallest absolute Gasteiger partial charge is 0.154 e. The molecule has 2 nitrogen and oxygen atoms in total. The van der Waals surface area contributed by atoms with Gasteiger partial charge in [0.15, 0.2) is 6.29 Å². The number of carbonyl (C=O) groups is 1. The maximum Gasteiger partial charge on any atom is 0.154 e. The van der Waals surface area contributed by atoms with Crippen LogP contribution in [-0.2, 0) is 0 Å². The molecule has 3 rings (SSSR count). The number of fused-ring (bicyclic) bond motifs is 1. The van der Waals surface area contributed by atoms with E-state index >= 15 is 0 Å². The summed E-state index contributed by atoms with van der Waals surface area (Å²) in [4.78, 5) is 11.1. The van der Waals surface area contributed by atoms with E-state index in [1.807, 2.05) is 30.3 Å². The van der Waals surface area contributed by atoms with Gasteiger partial charge in [-0.15, -0.1) is 0 Å². The van der Waals surface area contributed by atoms with Crippen molar-refractivity contribution in [2.24, 2.45) is 0 Å². The third-order valence-electron chi connectivity index (χ3n) is 3.51. The molecule has 0 bridgehead atoms. The Kier molecular flexibility index (Phi) is 2.99. The Morgan fingerprint density at radius 1 is 0.950 bits per heavy atom. The van der Waals surface area contributed by atoms with Crippen molar-refractivity contribution >= 4 is 17.1 Å². The van der Waals surface area contributed by atoms with E-state index < -0.39 is 0 Å². The molecule has 0 radical (unpaired) electrons. The van der Waals surface area contributed by atoms with Crippen LogP contribution < -0.4 is 0 Å². The van der Waals surface area contributed by atoms with Gasteiger partial charge in [-0.25, -0.2) is 0 Å². The molecule has 3 aromatic carbocycles. The van der Waals surface area contributed by atoms with Crippen molar-refractivity contribution in [2.45, 2.75) is 6.92 Å². The van der Waals surface area contributed by atoms with Gasteiger partial charge >= 0.3 is 0 Å². The number of hydrogen-bond donors (Lipinski definition) is 1. The minimum Gasteiger partial charge on any atom is -0.507 e. The van der Waals surface area contributed by atoms with Gasteiger partial charge in [-0.05, 0) is 41.0 Å². The molecule has 3 aromatic rings. The number of aromatic hydroxyl groups is 1. The summed E-state index contributed by atoms with van der Waals surface area (Å²) in [5.74, 6) is 0.0239. The minimum atomic E-state index is 0.0239. The molecule has 0 atom stereocenters. The summed E-state index contributed by atoms with van der Waals surface area (Å²) < 4.78 is 0. The number of benzene rings is 3. The van der Waals surface area contributed by atoms with Crippen LogP contribution in [0.5, 0.6) is 5.75 Å². The van der Waals surface area contributed by atoms with Crippen LogP contribution in [0, 0.1) is 6.92 Å². The maximum absolute atomic E-state index is 11.1. The first kappa shape index (κ1) is 12.4. The minimum absolute atomic E-state index is 0.0239. The quantitative estimate of drug-likeness (QED) is 0.698. The van der Waals surface area contributed by atoms with Gasteiger partial charge in [0, 0.05) is 0 Å². The average molecular weight is 262 g/mol. The molecular weight excluding hydrogens is 248 g/mol. The van der Waals surface area contributed by atoms with Gasteiger partial charge in [-0.1, -0.05) is 48.0 Å². The zero-order valence-electron chi connectivity index (χ0n) is 11.1. The Hall–Kier alpha value is -2.61. The first-order valence-corrected chi connectivity index (χ1v) is 6.47. The molecule has 1 N–H and O–H groups in total. The molecular formula is C18H14O2. The Morgan fingerprint density at radius 3 is 2.50 bits per heavy atom. The van der Waals surface area contributed by atoms with Crippen molar-refractivity contribution < 1.29 is 9.90 Å². The second-order valence-corrected chi connectivity index (χ2v) is 4.92. The van der Waals surface area contributed by atoms with E-state index in [4.69, 9.17) is 0 Å². The number of phenols is 1. The predicted molar refractivity (Wildman–Crippen MR) is 81.2 cm³/mol. The molecule has 0 aliphatic carbocycles. The molecule has 2 heteroatoms. The van der Waals surface area contributed by atoms with Crippen LogP contribution in [0.25, 0.3) is 21.9 Å². The lowest BCUT2D eigenvalue weighted by atomic mass is 9.97. The van der Waals surface area contributed by atoms with E-state index in [9.17, 15) is 9.90 Å². The van der Waals surface area contributed by atoms with Crippen LogP contribution in [-0.4, -0.2) is 11.4 Å². The standard InChI is InChI=1S/C18H14O2/c1-12-3-2-4-13(9-12)14-5-7-16-15(10-14)6-8-18(20)17(16)11-19/h2-11,20H,1H3. The molecule has 0 saturated carbocycles. The number of aryl methyl sites for hydroxylation is 1. The van der Waals surface area contributed by atoms with E-state index in [1.165, 1.54) is 5.56 Å². The molecule has 0 saturated heterocycles. The summed E-state index contributed by atoms with van der Waals surface area (Å²) in [6.45, 7) is 2.06. The predicted octanol–water partition coefficient (Wildman–Crippen LogP) is 4.33. The summed E-state index contributed by atoms with van der Waals surface area (Å²) in [5.41, 5.74) is 3.80. The number of phenolic OH excluding ortho intramolecular Hbond substituents is 1. The monoisotopic (exact) mass is 262 g/mol. The summed E-state index contributed by atoms with van der Waals surface area (Å²) in [5, 5.41) is 11.4. The van der Waals surface area contributed by atoms with Crippen molar-refractivity contribution in [2.75, 3.05) is 0 Å². The Labute approximate surface area is 117 Å². The molecule has 0 aliphatic heterocycles. The van der Waals surface area contributed by atoms with Crippen molar-refractivity contribution in [3.8, 4) is 16.9 Å². The third-order valence-corrected chi connectivity index (χ3v) is 3.51. The van der Waals surface area contributed by atoms with E-state index in [0.29, 0.717) is 11.8 Å². The molecule has 0 spiro atoms. The number of carbonyl (C=O) groups excluding carboxylic acids is 1. The van der Waals surface area contributed by atoms with Crippen molar-refractivity contribution in [1.29, 1.82) is 0 Å². The molecule has 0 heterocycles. The first-order valence-electron chi connectivity index (χ1n) is 6.47. The van der Waals surface area contributed by atoms with E-state index in [1.54, 1.807) is 6.07 Å². The zero-order valence-corrected chi connectivity index (χ0v) is 11.1. The number of rotatable bonds is 2. The molecule has 0 aromatic heterocycles. The topological polar surface area (TPSA) is 37.3 Å². The fourth-order valence-electron chi connectivity index (χ4n) is 2.47. The van der Waals surface area contributed by atoms with Crippen LogP contribution in [0.3, 0.4) is 0 Å². The lowest BCUT2D eigenvalue weighted by Crippen LogP contribution is -1.86. The highest BCUT2D eigenvalue weighted by Gasteiger charge is 2.07. The van der Waals surface area contributed by atoms with Gasteiger partial charge in [0.25, 0.3) is 0 Å². The third kappa shape index (κ3) is 2.05. The summed E-state index contributed by atoms with van der Waals surface area (Å²) in [7, 11) is 0. The Morgan fingerprint density at radius 2 is 1.75 bits per heavy atom. The van der Waals surface area contributed by atoms with Gasteiger partial charge in [0.1, 0.15) is 5.75 Å². The van der Waals surface area contributed by atoms with Gasteiger partial charge < -0.3 is 5.11 Å². The second-order valence-electron chi connectivity index (χ2n) is 4.92. The highest BCUT2D eigenvalue weighted by atomic mass is 16.3. The van der Waals surface area contributed by atoms with Gasteiger partial charge in [0.05, 0.1) is 5.56 Å².